The monoisotopic (exact) mass is 341 g/mol. The van der Waals surface area contributed by atoms with Crippen molar-refractivity contribution >= 4 is 5.91 Å². The number of amides is 1. The van der Waals surface area contributed by atoms with Crippen molar-refractivity contribution in [3.8, 4) is 5.75 Å². The lowest BCUT2D eigenvalue weighted by Gasteiger charge is -2.38. The third kappa shape index (κ3) is 4.38. The van der Waals surface area contributed by atoms with Crippen molar-refractivity contribution in [3.63, 3.8) is 0 Å². The minimum Gasteiger partial charge on any atom is -0.487 e. The summed E-state index contributed by atoms with van der Waals surface area (Å²) < 4.78 is 19.0. The molecule has 1 heterocycles. The van der Waals surface area contributed by atoms with Gasteiger partial charge >= 0.3 is 0 Å². The van der Waals surface area contributed by atoms with Gasteiger partial charge in [-0.15, -0.1) is 0 Å². The molecular formula is C21H24FNO2. The zero-order valence-corrected chi connectivity index (χ0v) is 14.9. The first-order valence-electron chi connectivity index (χ1n) is 8.66. The molecule has 0 aliphatic carbocycles. The molecule has 1 unspecified atom stereocenters. The van der Waals surface area contributed by atoms with Gasteiger partial charge in [0.2, 0.25) is 5.91 Å². The van der Waals surface area contributed by atoms with Crippen molar-refractivity contribution in [1.29, 1.82) is 0 Å². The molecule has 0 saturated heterocycles. The number of benzene rings is 2. The number of rotatable bonds is 4. The molecular weight excluding hydrogens is 317 g/mol. The van der Waals surface area contributed by atoms with Crippen LogP contribution in [0.5, 0.6) is 5.75 Å². The van der Waals surface area contributed by atoms with Gasteiger partial charge in [-0.3, -0.25) is 4.79 Å². The summed E-state index contributed by atoms with van der Waals surface area (Å²) in [5.74, 6) is 0.586. The van der Waals surface area contributed by atoms with E-state index in [1.54, 1.807) is 12.1 Å². The minimum atomic E-state index is -0.324. The van der Waals surface area contributed by atoms with Crippen LogP contribution in [0.1, 0.15) is 49.4 Å². The second-order valence-electron chi connectivity index (χ2n) is 7.35. The molecule has 0 saturated carbocycles. The molecule has 0 aromatic heterocycles. The molecule has 3 nitrogen and oxygen atoms in total. The van der Waals surface area contributed by atoms with Crippen LogP contribution < -0.4 is 10.1 Å². The van der Waals surface area contributed by atoms with Gasteiger partial charge in [0.25, 0.3) is 0 Å². The van der Waals surface area contributed by atoms with Crippen molar-refractivity contribution in [2.24, 2.45) is 0 Å². The largest absolute Gasteiger partial charge is 0.487 e. The Balaban J connectivity index is 1.67. The molecule has 25 heavy (non-hydrogen) atoms. The Hall–Kier alpha value is -2.36. The summed E-state index contributed by atoms with van der Waals surface area (Å²) in [6.07, 6.45) is 1.70. The molecule has 0 radical (unpaired) electrons. The summed E-state index contributed by atoms with van der Waals surface area (Å²) in [7, 11) is 0. The average molecular weight is 341 g/mol. The predicted molar refractivity (Wildman–Crippen MR) is 96.1 cm³/mol. The van der Waals surface area contributed by atoms with E-state index in [4.69, 9.17) is 4.74 Å². The van der Waals surface area contributed by atoms with Crippen LogP contribution in [0.3, 0.4) is 0 Å². The lowest BCUT2D eigenvalue weighted by Crippen LogP contribution is -2.41. The first kappa shape index (κ1) is 17.5. The van der Waals surface area contributed by atoms with Gasteiger partial charge in [0.1, 0.15) is 17.2 Å². The average Bonchev–Trinajstić information content (AvgIpc) is 2.52. The summed E-state index contributed by atoms with van der Waals surface area (Å²) >= 11 is 0. The SMILES string of the molecule is Cc1ccc2c(c1)OC(C)(C)CC2NC(=O)CCc1ccc(F)cc1. The highest BCUT2D eigenvalue weighted by Gasteiger charge is 2.34. The van der Waals surface area contributed by atoms with Crippen LogP contribution >= 0.6 is 0 Å². The van der Waals surface area contributed by atoms with Crippen LogP contribution in [0.15, 0.2) is 42.5 Å². The fourth-order valence-electron chi connectivity index (χ4n) is 3.26. The van der Waals surface area contributed by atoms with Crippen LogP contribution in [0, 0.1) is 12.7 Å². The van der Waals surface area contributed by atoms with Gasteiger partial charge in [0, 0.05) is 18.4 Å². The van der Waals surface area contributed by atoms with E-state index in [9.17, 15) is 9.18 Å². The Labute approximate surface area is 148 Å². The number of carbonyl (C=O) groups is 1. The molecule has 0 bridgehead atoms. The van der Waals surface area contributed by atoms with E-state index < -0.39 is 0 Å². The molecule has 4 heteroatoms. The number of ether oxygens (including phenoxy) is 1. The van der Waals surface area contributed by atoms with Crippen LogP contribution in [0.2, 0.25) is 0 Å². The van der Waals surface area contributed by atoms with Crippen molar-refractivity contribution in [3.05, 3.63) is 65.0 Å². The topological polar surface area (TPSA) is 38.3 Å². The van der Waals surface area contributed by atoms with E-state index in [2.05, 4.69) is 5.32 Å². The molecule has 2 aromatic rings. The summed E-state index contributed by atoms with van der Waals surface area (Å²) in [6, 6.07) is 12.3. The molecule has 132 valence electrons. The Kier molecular flexibility index (Phi) is 4.80. The molecule has 1 atom stereocenters. The normalized spacial score (nSPS) is 18.2. The molecule has 0 fully saturated rings. The fourth-order valence-corrected chi connectivity index (χ4v) is 3.26. The Morgan fingerprint density at radius 3 is 2.68 bits per heavy atom. The third-order valence-corrected chi connectivity index (χ3v) is 4.52. The second kappa shape index (κ2) is 6.87. The van der Waals surface area contributed by atoms with Crippen molar-refractivity contribution in [1.82, 2.24) is 5.32 Å². The number of nitrogens with one attached hydrogen (secondary N) is 1. The smallest absolute Gasteiger partial charge is 0.220 e. The summed E-state index contributed by atoms with van der Waals surface area (Å²) in [4.78, 5) is 12.4. The van der Waals surface area contributed by atoms with Crippen LogP contribution in [0.25, 0.3) is 0 Å². The first-order chi connectivity index (χ1) is 11.8. The molecule has 3 rings (SSSR count). The summed E-state index contributed by atoms with van der Waals surface area (Å²) in [6.45, 7) is 6.10. The summed E-state index contributed by atoms with van der Waals surface area (Å²) in [5.41, 5.74) is 2.80. The minimum absolute atomic E-state index is 0.00134. The quantitative estimate of drug-likeness (QED) is 0.890. The lowest BCUT2D eigenvalue weighted by atomic mass is 9.89. The highest BCUT2D eigenvalue weighted by molar-refractivity contribution is 5.77. The van der Waals surface area contributed by atoms with E-state index in [0.29, 0.717) is 12.8 Å². The van der Waals surface area contributed by atoms with Crippen molar-refractivity contribution < 1.29 is 13.9 Å². The molecule has 1 aliphatic heterocycles. The third-order valence-electron chi connectivity index (χ3n) is 4.52. The number of carbonyl (C=O) groups excluding carboxylic acids is 1. The van der Waals surface area contributed by atoms with Crippen LogP contribution in [0.4, 0.5) is 4.39 Å². The fraction of sp³-hybridized carbons (Fsp3) is 0.381. The number of hydrogen-bond acceptors (Lipinski definition) is 2. The van der Waals surface area contributed by atoms with Crippen LogP contribution in [-0.4, -0.2) is 11.5 Å². The maximum atomic E-state index is 12.9. The zero-order valence-electron chi connectivity index (χ0n) is 14.9. The van der Waals surface area contributed by atoms with E-state index >= 15 is 0 Å². The molecule has 0 spiro atoms. The standard InChI is InChI=1S/C21H24FNO2/c1-14-4-10-17-18(13-21(2,3)25-19(17)12-14)23-20(24)11-7-15-5-8-16(22)9-6-15/h4-6,8-10,12,18H,7,11,13H2,1-3H3,(H,23,24). The number of hydrogen-bond donors (Lipinski definition) is 1. The molecule has 2 aromatic carbocycles. The molecule has 1 N–H and O–H groups in total. The van der Waals surface area contributed by atoms with Gasteiger partial charge in [0.05, 0.1) is 6.04 Å². The van der Waals surface area contributed by atoms with E-state index in [1.165, 1.54) is 12.1 Å². The summed E-state index contributed by atoms with van der Waals surface area (Å²) in [5, 5.41) is 3.14. The second-order valence-corrected chi connectivity index (χ2v) is 7.35. The number of fused-ring (bicyclic) bond motifs is 1. The maximum Gasteiger partial charge on any atom is 0.220 e. The number of aryl methyl sites for hydroxylation is 2. The zero-order chi connectivity index (χ0) is 18.0. The van der Waals surface area contributed by atoms with E-state index in [0.717, 1.165) is 28.9 Å². The number of halogens is 1. The van der Waals surface area contributed by atoms with Gasteiger partial charge in [-0.25, -0.2) is 4.39 Å². The maximum absolute atomic E-state index is 12.9. The highest BCUT2D eigenvalue weighted by atomic mass is 19.1. The van der Waals surface area contributed by atoms with Gasteiger partial charge in [-0.2, -0.15) is 0 Å². The Morgan fingerprint density at radius 1 is 1.24 bits per heavy atom. The van der Waals surface area contributed by atoms with Gasteiger partial charge in [0.15, 0.2) is 0 Å². The lowest BCUT2D eigenvalue weighted by molar-refractivity contribution is -0.122. The Morgan fingerprint density at radius 2 is 1.96 bits per heavy atom. The Bertz CT molecular complexity index is 768. The van der Waals surface area contributed by atoms with Crippen molar-refractivity contribution in [2.75, 3.05) is 0 Å². The van der Waals surface area contributed by atoms with Crippen LogP contribution in [-0.2, 0) is 11.2 Å². The first-order valence-corrected chi connectivity index (χ1v) is 8.66. The van der Waals surface area contributed by atoms with Gasteiger partial charge in [-0.1, -0.05) is 24.3 Å². The van der Waals surface area contributed by atoms with E-state index in [-0.39, 0.29) is 23.4 Å². The molecule has 1 amide bonds. The van der Waals surface area contributed by atoms with E-state index in [1.807, 2.05) is 39.0 Å². The highest BCUT2D eigenvalue weighted by Crippen LogP contribution is 2.39. The van der Waals surface area contributed by atoms with Crippen molar-refractivity contribution in [2.45, 2.75) is 51.7 Å². The van der Waals surface area contributed by atoms with Gasteiger partial charge in [-0.05, 0) is 56.5 Å². The predicted octanol–water partition coefficient (Wildman–Crippen LogP) is 4.49. The van der Waals surface area contributed by atoms with Gasteiger partial charge < -0.3 is 10.1 Å². The molecule has 1 aliphatic rings.